The quantitative estimate of drug-likeness (QED) is 0.626. The van der Waals surface area contributed by atoms with E-state index in [1.807, 2.05) is 48.0 Å². The summed E-state index contributed by atoms with van der Waals surface area (Å²) in [6.45, 7) is 1.47. The van der Waals surface area contributed by atoms with Crippen LogP contribution in [0.3, 0.4) is 0 Å². The summed E-state index contributed by atoms with van der Waals surface area (Å²) in [4.78, 5) is 17.7. The van der Waals surface area contributed by atoms with E-state index in [4.69, 9.17) is 11.6 Å². The van der Waals surface area contributed by atoms with Crippen LogP contribution < -0.4 is 10.2 Å². The molecule has 2 aromatic rings. The lowest BCUT2D eigenvalue weighted by atomic mass is 10.2. The van der Waals surface area contributed by atoms with Crippen molar-refractivity contribution < 1.29 is 4.79 Å². The van der Waals surface area contributed by atoms with Crippen LogP contribution in [0.2, 0.25) is 5.02 Å². The van der Waals surface area contributed by atoms with E-state index in [0.717, 1.165) is 24.2 Å². The van der Waals surface area contributed by atoms with E-state index in [-0.39, 0.29) is 5.91 Å². The second kappa shape index (κ2) is 8.39. The third-order valence-corrected chi connectivity index (χ3v) is 3.63. The van der Waals surface area contributed by atoms with Crippen LogP contribution in [-0.4, -0.2) is 36.1 Å². The predicted octanol–water partition coefficient (Wildman–Crippen LogP) is 2.82. The second-order valence-corrected chi connectivity index (χ2v) is 5.79. The lowest BCUT2D eigenvalue weighted by molar-refractivity contribution is -0.116. The van der Waals surface area contributed by atoms with Crippen LogP contribution in [0, 0.1) is 0 Å². The SMILES string of the molecule is CN(C)c1ccc(/C=C/C(=O)NCCCn2ccnc2)cc1Cl. The Hall–Kier alpha value is -2.27. The Morgan fingerprint density at radius 2 is 2.26 bits per heavy atom. The molecule has 0 aliphatic heterocycles. The largest absolute Gasteiger partial charge is 0.376 e. The maximum atomic E-state index is 11.8. The number of carbonyl (C=O) groups is 1. The summed E-state index contributed by atoms with van der Waals surface area (Å²) in [5.41, 5.74) is 1.85. The first-order valence-corrected chi connectivity index (χ1v) is 7.82. The van der Waals surface area contributed by atoms with Gasteiger partial charge in [-0.15, -0.1) is 0 Å². The number of hydrogen-bond acceptors (Lipinski definition) is 3. The Morgan fingerprint density at radius 3 is 2.91 bits per heavy atom. The molecule has 0 saturated heterocycles. The Bertz CT molecular complexity index is 665. The minimum Gasteiger partial charge on any atom is -0.376 e. The van der Waals surface area contributed by atoms with Crippen LogP contribution in [0.5, 0.6) is 0 Å². The molecular weight excluding hydrogens is 312 g/mol. The lowest BCUT2D eigenvalue weighted by Crippen LogP contribution is -2.22. The number of aromatic nitrogens is 2. The van der Waals surface area contributed by atoms with Crippen molar-refractivity contribution >= 4 is 29.3 Å². The lowest BCUT2D eigenvalue weighted by Gasteiger charge is -2.14. The summed E-state index contributed by atoms with van der Waals surface area (Å²) < 4.78 is 1.98. The molecule has 2 rings (SSSR count). The smallest absolute Gasteiger partial charge is 0.244 e. The molecule has 0 spiro atoms. The van der Waals surface area contributed by atoms with Crippen LogP contribution >= 0.6 is 11.6 Å². The van der Waals surface area contributed by atoms with Crippen molar-refractivity contribution in [2.75, 3.05) is 25.5 Å². The molecule has 23 heavy (non-hydrogen) atoms. The van der Waals surface area contributed by atoms with Crippen LogP contribution in [-0.2, 0) is 11.3 Å². The first-order valence-electron chi connectivity index (χ1n) is 7.45. The summed E-state index contributed by atoms with van der Waals surface area (Å²) in [5.74, 6) is -0.108. The number of benzene rings is 1. The maximum Gasteiger partial charge on any atom is 0.244 e. The molecule has 1 heterocycles. The van der Waals surface area contributed by atoms with E-state index in [1.54, 1.807) is 18.6 Å². The van der Waals surface area contributed by atoms with E-state index < -0.39 is 0 Å². The van der Waals surface area contributed by atoms with Gasteiger partial charge in [0.1, 0.15) is 0 Å². The van der Waals surface area contributed by atoms with Gasteiger partial charge < -0.3 is 14.8 Å². The number of aryl methyl sites for hydroxylation is 1. The zero-order valence-corrected chi connectivity index (χ0v) is 14.1. The molecule has 5 nitrogen and oxygen atoms in total. The number of carbonyl (C=O) groups excluding carboxylic acids is 1. The van der Waals surface area contributed by atoms with Gasteiger partial charge in [0.15, 0.2) is 0 Å². The molecule has 122 valence electrons. The van der Waals surface area contributed by atoms with Crippen molar-refractivity contribution in [1.29, 1.82) is 0 Å². The second-order valence-electron chi connectivity index (χ2n) is 5.38. The number of nitrogens with zero attached hydrogens (tertiary/aromatic N) is 3. The van der Waals surface area contributed by atoms with E-state index in [0.29, 0.717) is 11.6 Å². The van der Waals surface area contributed by atoms with Gasteiger partial charge >= 0.3 is 0 Å². The fourth-order valence-corrected chi connectivity index (χ4v) is 2.47. The van der Waals surface area contributed by atoms with Crippen molar-refractivity contribution in [3.63, 3.8) is 0 Å². The predicted molar refractivity (Wildman–Crippen MR) is 94.7 cm³/mol. The van der Waals surface area contributed by atoms with Gasteiger partial charge in [0.05, 0.1) is 17.0 Å². The topological polar surface area (TPSA) is 50.2 Å². The Kier molecular flexibility index (Phi) is 6.23. The van der Waals surface area contributed by atoms with Crippen molar-refractivity contribution in [3.8, 4) is 0 Å². The minimum absolute atomic E-state index is 0.108. The first kappa shape index (κ1) is 17.1. The van der Waals surface area contributed by atoms with Gasteiger partial charge in [-0.05, 0) is 30.2 Å². The normalized spacial score (nSPS) is 10.9. The Balaban J connectivity index is 1.78. The summed E-state index contributed by atoms with van der Waals surface area (Å²) in [6.07, 6.45) is 9.56. The molecular formula is C17H21ClN4O. The number of rotatable bonds is 7. The number of nitrogens with one attached hydrogen (secondary N) is 1. The van der Waals surface area contributed by atoms with Crippen LogP contribution in [0.1, 0.15) is 12.0 Å². The van der Waals surface area contributed by atoms with Gasteiger partial charge in [0, 0.05) is 45.7 Å². The molecule has 0 bridgehead atoms. The van der Waals surface area contributed by atoms with Crippen LogP contribution in [0.4, 0.5) is 5.69 Å². The molecule has 0 aliphatic carbocycles. The van der Waals surface area contributed by atoms with Gasteiger partial charge in [-0.25, -0.2) is 4.98 Å². The van der Waals surface area contributed by atoms with Crippen molar-refractivity contribution in [3.05, 3.63) is 53.6 Å². The highest BCUT2D eigenvalue weighted by atomic mass is 35.5. The molecule has 1 aromatic carbocycles. The van der Waals surface area contributed by atoms with E-state index in [1.165, 1.54) is 6.08 Å². The summed E-state index contributed by atoms with van der Waals surface area (Å²) in [7, 11) is 3.88. The van der Waals surface area contributed by atoms with Crippen LogP contribution in [0.25, 0.3) is 6.08 Å². The van der Waals surface area contributed by atoms with Gasteiger partial charge in [0.25, 0.3) is 0 Å². The average molecular weight is 333 g/mol. The number of halogens is 1. The number of amides is 1. The molecule has 0 atom stereocenters. The van der Waals surface area contributed by atoms with Gasteiger partial charge in [-0.1, -0.05) is 17.7 Å². The maximum absolute atomic E-state index is 11.8. The van der Waals surface area contributed by atoms with Crippen molar-refractivity contribution in [2.45, 2.75) is 13.0 Å². The molecule has 1 amide bonds. The standard InChI is InChI=1S/C17H21ClN4O/c1-21(2)16-6-4-14(12-15(16)18)5-7-17(23)20-8-3-10-22-11-9-19-13-22/h4-7,9,11-13H,3,8,10H2,1-2H3,(H,20,23)/b7-5+. The highest BCUT2D eigenvalue weighted by Gasteiger charge is 2.02. The number of hydrogen-bond donors (Lipinski definition) is 1. The van der Waals surface area contributed by atoms with Crippen molar-refractivity contribution in [2.24, 2.45) is 0 Å². The molecule has 0 fully saturated rings. The number of imidazole rings is 1. The molecule has 0 aliphatic rings. The molecule has 0 radical (unpaired) electrons. The third-order valence-electron chi connectivity index (χ3n) is 3.33. The molecule has 1 aromatic heterocycles. The van der Waals surface area contributed by atoms with Crippen LogP contribution in [0.15, 0.2) is 43.0 Å². The zero-order valence-electron chi connectivity index (χ0n) is 13.4. The Labute approximate surface area is 141 Å². The van der Waals surface area contributed by atoms with Crippen molar-refractivity contribution in [1.82, 2.24) is 14.9 Å². The molecule has 1 N–H and O–H groups in total. The van der Waals surface area contributed by atoms with E-state index in [2.05, 4.69) is 10.3 Å². The van der Waals surface area contributed by atoms with Gasteiger partial charge in [-0.3, -0.25) is 4.79 Å². The average Bonchev–Trinajstić information content (AvgIpc) is 3.02. The monoisotopic (exact) mass is 332 g/mol. The van der Waals surface area contributed by atoms with Gasteiger partial charge in [0.2, 0.25) is 5.91 Å². The van der Waals surface area contributed by atoms with E-state index >= 15 is 0 Å². The third kappa shape index (κ3) is 5.45. The first-order chi connectivity index (χ1) is 11.1. The fraction of sp³-hybridized carbons (Fsp3) is 0.294. The molecule has 0 saturated carbocycles. The van der Waals surface area contributed by atoms with E-state index in [9.17, 15) is 4.79 Å². The zero-order chi connectivity index (χ0) is 16.7. The molecule has 0 unspecified atom stereocenters. The van der Waals surface area contributed by atoms with Gasteiger partial charge in [-0.2, -0.15) is 0 Å². The highest BCUT2D eigenvalue weighted by Crippen LogP contribution is 2.25. The number of anilines is 1. The highest BCUT2D eigenvalue weighted by molar-refractivity contribution is 6.33. The summed E-state index contributed by atoms with van der Waals surface area (Å²) >= 11 is 6.21. The fourth-order valence-electron chi connectivity index (χ4n) is 2.11. The molecule has 6 heteroatoms. The summed E-state index contributed by atoms with van der Waals surface area (Å²) in [6, 6.07) is 5.72. The Morgan fingerprint density at radius 1 is 1.43 bits per heavy atom. The minimum atomic E-state index is -0.108. The summed E-state index contributed by atoms with van der Waals surface area (Å²) in [5, 5.41) is 3.52.